The Morgan fingerprint density at radius 2 is 2.36 bits per heavy atom. The fourth-order valence-electron chi connectivity index (χ4n) is 1.77. The van der Waals surface area contributed by atoms with Crippen LogP contribution in [-0.4, -0.2) is 31.1 Å². The fraction of sp³-hybridized carbons (Fsp3) is 0.364. The lowest BCUT2D eigenvalue weighted by molar-refractivity contribution is -0.393. The quantitative estimate of drug-likeness (QED) is 0.393. The second kappa shape index (κ2) is 6.58. The number of nitrogens with zero attached hydrogens (tertiary/aromatic N) is 5. The summed E-state index contributed by atoms with van der Waals surface area (Å²) in [7, 11) is 0. The van der Waals surface area contributed by atoms with Crippen molar-refractivity contribution >= 4 is 50.3 Å². The van der Waals surface area contributed by atoms with Crippen LogP contribution in [0.4, 0.5) is 10.9 Å². The van der Waals surface area contributed by atoms with Gasteiger partial charge in [-0.15, -0.1) is 10.2 Å². The van der Waals surface area contributed by atoms with Crippen molar-refractivity contribution in [1.29, 1.82) is 0 Å². The Balaban J connectivity index is 1.79. The van der Waals surface area contributed by atoms with Crippen LogP contribution in [0.2, 0.25) is 0 Å². The highest BCUT2D eigenvalue weighted by Crippen LogP contribution is 2.37. The summed E-state index contributed by atoms with van der Waals surface area (Å²) in [5, 5.41) is 25.4. The molecule has 3 rings (SSSR count). The molecular weight excluding hydrogens is 344 g/mol. The van der Waals surface area contributed by atoms with Crippen molar-refractivity contribution in [3.05, 3.63) is 21.7 Å². The van der Waals surface area contributed by atoms with E-state index in [0.29, 0.717) is 14.3 Å². The van der Waals surface area contributed by atoms with Gasteiger partial charge in [0.05, 0.1) is 0 Å². The minimum absolute atomic E-state index is 0.0306. The number of hydrogen-bond acceptors (Lipinski definition) is 9. The van der Waals surface area contributed by atoms with Crippen LogP contribution in [0, 0.1) is 10.1 Å². The standard InChI is InChI=1S/C11H12N6O2S3/c1-2-3-4-12-9-14-15-11(22-9)21-7-8(17(18)19)16-5-6-20-10(16)13-7/h5-6H,2-4H2,1H3,(H,12,14). The number of hydrogen-bond donors (Lipinski definition) is 1. The number of thiazole rings is 1. The van der Waals surface area contributed by atoms with Crippen LogP contribution in [-0.2, 0) is 0 Å². The molecule has 8 nitrogen and oxygen atoms in total. The summed E-state index contributed by atoms with van der Waals surface area (Å²) >= 11 is 3.90. The molecule has 0 radical (unpaired) electrons. The van der Waals surface area contributed by atoms with Crippen molar-refractivity contribution in [2.45, 2.75) is 29.1 Å². The second-order valence-electron chi connectivity index (χ2n) is 4.31. The molecule has 0 saturated heterocycles. The molecule has 0 atom stereocenters. The normalized spacial score (nSPS) is 11.1. The third-order valence-electron chi connectivity index (χ3n) is 2.78. The lowest BCUT2D eigenvalue weighted by Crippen LogP contribution is -1.99. The van der Waals surface area contributed by atoms with Gasteiger partial charge < -0.3 is 15.4 Å². The number of imidazole rings is 1. The predicted molar refractivity (Wildman–Crippen MR) is 87.2 cm³/mol. The summed E-state index contributed by atoms with van der Waals surface area (Å²) in [4.78, 5) is 15.7. The molecule has 0 aliphatic heterocycles. The Morgan fingerprint density at radius 1 is 1.50 bits per heavy atom. The largest absolute Gasteiger partial charge is 0.363 e. The van der Waals surface area contributed by atoms with Gasteiger partial charge in [0.15, 0.2) is 4.34 Å². The molecule has 0 spiro atoms. The zero-order chi connectivity index (χ0) is 15.5. The third-order valence-corrected chi connectivity index (χ3v) is 5.43. The molecule has 1 N–H and O–H groups in total. The van der Waals surface area contributed by atoms with Crippen LogP contribution in [0.25, 0.3) is 4.96 Å². The predicted octanol–water partition coefficient (Wildman–Crippen LogP) is 3.52. The highest BCUT2D eigenvalue weighted by molar-refractivity contribution is 8.01. The molecule has 11 heteroatoms. The maximum Gasteiger partial charge on any atom is 0.363 e. The van der Waals surface area contributed by atoms with Crippen LogP contribution < -0.4 is 5.32 Å². The number of nitrogens with one attached hydrogen (secondary N) is 1. The minimum atomic E-state index is -0.420. The van der Waals surface area contributed by atoms with E-state index in [1.807, 2.05) is 0 Å². The molecule has 3 aromatic heterocycles. The Hall–Kier alpha value is -1.72. The summed E-state index contributed by atoms with van der Waals surface area (Å²) in [5.74, 6) is -0.0306. The van der Waals surface area contributed by atoms with Gasteiger partial charge >= 0.3 is 5.82 Å². The molecule has 0 bridgehead atoms. The molecule has 3 heterocycles. The summed E-state index contributed by atoms with van der Waals surface area (Å²) in [6, 6.07) is 0. The Morgan fingerprint density at radius 3 is 3.14 bits per heavy atom. The van der Waals surface area contributed by atoms with Crippen molar-refractivity contribution in [2.24, 2.45) is 0 Å². The first-order chi connectivity index (χ1) is 10.7. The van der Waals surface area contributed by atoms with E-state index in [1.165, 1.54) is 38.8 Å². The van der Waals surface area contributed by atoms with Crippen molar-refractivity contribution in [3.63, 3.8) is 0 Å². The van der Waals surface area contributed by atoms with E-state index in [4.69, 9.17) is 0 Å². The Kier molecular flexibility index (Phi) is 4.55. The lowest BCUT2D eigenvalue weighted by Gasteiger charge is -1.97. The Bertz CT molecular complexity index is 795. The van der Waals surface area contributed by atoms with Crippen molar-refractivity contribution in [2.75, 3.05) is 11.9 Å². The number of rotatable bonds is 7. The van der Waals surface area contributed by atoms with Gasteiger partial charge in [-0.05, 0) is 23.1 Å². The molecule has 0 aliphatic rings. The number of fused-ring (bicyclic) bond motifs is 1. The molecule has 0 aliphatic carbocycles. The number of anilines is 1. The summed E-state index contributed by atoms with van der Waals surface area (Å²) in [6.45, 7) is 2.96. The van der Waals surface area contributed by atoms with Gasteiger partial charge in [-0.2, -0.15) is 9.38 Å². The molecule has 3 aromatic rings. The summed E-state index contributed by atoms with van der Waals surface area (Å²) < 4.78 is 2.11. The molecule has 0 amide bonds. The number of aromatic nitrogens is 4. The topological polar surface area (TPSA) is 98.2 Å². The molecule has 0 fully saturated rings. The highest BCUT2D eigenvalue weighted by Gasteiger charge is 2.25. The van der Waals surface area contributed by atoms with E-state index < -0.39 is 4.92 Å². The van der Waals surface area contributed by atoms with Gasteiger partial charge in [-0.3, -0.25) is 0 Å². The molecule has 0 aromatic carbocycles. The SMILES string of the molecule is CCCCNc1nnc(Sc2nc3sccn3c2[N+](=O)[O-])s1. The first-order valence-electron chi connectivity index (χ1n) is 6.54. The average Bonchev–Trinajstić information content (AvgIpc) is 3.15. The van der Waals surface area contributed by atoms with Gasteiger partial charge in [0, 0.05) is 11.9 Å². The fourth-order valence-corrected chi connectivity index (χ4v) is 4.32. The van der Waals surface area contributed by atoms with Crippen LogP contribution >= 0.6 is 34.4 Å². The van der Waals surface area contributed by atoms with E-state index in [2.05, 4.69) is 27.4 Å². The smallest absolute Gasteiger partial charge is 0.360 e. The van der Waals surface area contributed by atoms with Gasteiger partial charge in [0.1, 0.15) is 6.20 Å². The van der Waals surface area contributed by atoms with Crippen molar-refractivity contribution in [3.8, 4) is 0 Å². The first kappa shape index (κ1) is 15.2. The van der Waals surface area contributed by atoms with Crippen molar-refractivity contribution < 1.29 is 4.92 Å². The van der Waals surface area contributed by atoms with Gasteiger partial charge in [0.25, 0.3) is 4.96 Å². The lowest BCUT2D eigenvalue weighted by atomic mass is 10.3. The average molecular weight is 356 g/mol. The van der Waals surface area contributed by atoms with Crippen LogP contribution in [0.5, 0.6) is 0 Å². The van der Waals surface area contributed by atoms with Crippen LogP contribution in [0.15, 0.2) is 20.9 Å². The molecular formula is C11H12N6O2S3. The van der Waals surface area contributed by atoms with Gasteiger partial charge in [0.2, 0.25) is 10.2 Å². The first-order valence-corrected chi connectivity index (χ1v) is 9.05. The molecule has 22 heavy (non-hydrogen) atoms. The van der Waals surface area contributed by atoms with E-state index >= 15 is 0 Å². The maximum absolute atomic E-state index is 11.3. The molecule has 116 valence electrons. The number of unbranched alkanes of at least 4 members (excludes halogenated alkanes) is 1. The van der Waals surface area contributed by atoms with E-state index in [0.717, 1.165) is 24.5 Å². The maximum atomic E-state index is 11.3. The summed E-state index contributed by atoms with van der Waals surface area (Å²) in [6.07, 6.45) is 3.81. The van der Waals surface area contributed by atoms with E-state index in [1.54, 1.807) is 11.6 Å². The zero-order valence-corrected chi connectivity index (χ0v) is 14.0. The minimum Gasteiger partial charge on any atom is -0.360 e. The van der Waals surface area contributed by atoms with Crippen LogP contribution in [0.1, 0.15) is 19.8 Å². The van der Waals surface area contributed by atoms with Gasteiger partial charge in [-0.25, -0.2) is 0 Å². The zero-order valence-electron chi connectivity index (χ0n) is 11.6. The number of nitro groups is 1. The van der Waals surface area contributed by atoms with E-state index in [9.17, 15) is 10.1 Å². The molecule has 0 saturated carbocycles. The van der Waals surface area contributed by atoms with Crippen LogP contribution in [0.3, 0.4) is 0 Å². The monoisotopic (exact) mass is 356 g/mol. The Labute approximate surface area is 137 Å². The highest BCUT2D eigenvalue weighted by atomic mass is 32.2. The molecule has 0 unspecified atom stereocenters. The third kappa shape index (κ3) is 3.05. The van der Waals surface area contributed by atoms with E-state index in [-0.39, 0.29) is 5.82 Å². The summed E-state index contributed by atoms with van der Waals surface area (Å²) in [5.41, 5.74) is 0. The van der Waals surface area contributed by atoms with Crippen molar-refractivity contribution in [1.82, 2.24) is 19.6 Å². The van der Waals surface area contributed by atoms with Gasteiger partial charge in [-0.1, -0.05) is 36.0 Å². The second-order valence-corrected chi connectivity index (χ2v) is 7.40.